The van der Waals surface area contributed by atoms with E-state index in [0.29, 0.717) is 0 Å². The smallest absolute Gasteiger partial charge is 0.322 e. The molecule has 0 spiro atoms. The minimum atomic E-state index is -0.782. The van der Waals surface area contributed by atoms with Crippen LogP contribution in [0.15, 0.2) is 30.3 Å². The molecule has 1 aromatic rings. The van der Waals surface area contributed by atoms with Crippen LogP contribution in [-0.4, -0.2) is 21.9 Å². The summed E-state index contributed by atoms with van der Waals surface area (Å²) in [5.41, 5.74) is 1.13. The molecule has 2 N–H and O–H groups in total. The third-order valence-electron chi connectivity index (χ3n) is 2.78. The maximum Gasteiger partial charge on any atom is 0.322 e. The van der Waals surface area contributed by atoms with Crippen LogP contribution in [0, 0.1) is 0 Å². The summed E-state index contributed by atoms with van der Waals surface area (Å²) in [5.74, 6) is -0.782. The minimum absolute atomic E-state index is 0. The van der Waals surface area contributed by atoms with Gasteiger partial charge in [0, 0.05) is 4.75 Å². The largest absolute Gasteiger partial charge is 0.480 e. The first-order valence-corrected chi connectivity index (χ1v) is 6.10. The van der Waals surface area contributed by atoms with Crippen molar-refractivity contribution in [2.75, 3.05) is 0 Å². The number of carbonyl (C=O) groups is 1. The Labute approximate surface area is 111 Å². The second kappa shape index (κ2) is 5.29. The fourth-order valence-corrected chi connectivity index (χ4v) is 3.33. The quantitative estimate of drug-likeness (QED) is 0.870. The lowest BCUT2D eigenvalue weighted by atomic mass is 10.0. The summed E-state index contributed by atoms with van der Waals surface area (Å²) in [7, 11) is 0. The number of carboxylic acid groups (broad SMARTS) is 1. The summed E-state index contributed by atoms with van der Waals surface area (Å²) in [6.45, 7) is 3.93. The van der Waals surface area contributed by atoms with E-state index in [-0.39, 0.29) is 22.5 Å². The van der Waals surface area contributed by atoms with Crippen molar-refractivity contribution in [3.8, 4) is 0 Å². The molecule has 1 heterocycles. The molecule has 94 valence electrons. The number of carboxylic acids is 1. The molecule has 1 saturated heterocycles. The average Bonchev–Trinajstić information content (AvgIpc) is 2.56. The molecule has 0 radical (unpaired) electrons. The molecule has 3 nitrogen and oxygen atoms in total. The first-order valence-electron chi connectivity index (χ1n) is 5.22. The number of halogens is 1. The highest BCUT2D eigenvalue weighted by molar-refractivity contribution is 8.01. The fourth-order valence-electron chi connectivity index (χ4n) is 1.92. The minimum Gasteiger partial charge on any atom is -0.480 e. The monoisotopic (exact) mass is 273 g/mol. The van der Waals surface area contributed by atoms with E-state index >= 15 is 0 Å². The van der Waals surface area contributed by atoms with E-state index in [1.165, 1.54) is 0 Å². The van der Waals surface area contributed by atoms with Gasteiger partial charge in [0.25, 0.3) is 0 Å². The molecule has 2 rings (SSSR count). The second-order valence-electron chi connectivity index (χ2n) is 4.45. The van der Waals surface area contributed by atoms with Gasteiger partial charge in [-0.05, 0) is 19.4 Å². The van der Waals surface area contributed by atoms with Crippen LogP contribution in [0.3, 0.4) is 0 Å². The Morgan fingerprint density at radius 3 is 2.41 bits per heavy atom. The Morgan fingerprint density at radius 2 is 1.94 bits per heavy atom. The molecule has 0 bridgehead atoms. The van der Waals surface area contributed by atoms with Gasteiger partial charge in [-0.2, -0.15) is 0 Å². The van der Waals surface area contributed by atoms with E-state index in [2.05, 4.69) is 5.32 Å². The molecular weight excluding hydrogens is 258 g/mol. The van der Waals surface area contributed by atoms with E-state index in [9.17, 15) is 4.79 Å². The fraction of sp³-hybridized carbons (Fsp3) is 0.417. The van der Waals surface area contributed by atoms with Gasteiger partial charge < -0.3 is 5.11 Å². The summed E-state index contributed by atoms with van der Waals surface area (Å²) >= 11 is 1.67. The highest BCUT2D eigenvalue weighted by Gasteiger charge is 2.45. The number of aliphatic carboxylic acids is 1. The molecule has 1 aliphatic rings. The SMILES string of the molecule is CC1(C)SC(c2ccccc2)NC1C(=O)O.Cl. The summed E-state index contributed by atoms with van der Waals surface area (Å²) in [5, 5.41) is 12.4. The Morgan fingerprint density at radius 1 is 1.35 bits per heavy atom. The van der Waals surface area contributed by atoms with Gasteiger partial charge in [0.05, 0.1) is 5.37 Å². The van der Waals surface area contributed by atoms with Gasteiger partial charge in [-0.1, -0.05) is 30.3 Å². The predicted octanol–water partition coefficient (Wildman–Crippen LogP) is 2.68. The van der Waals surface area contributed by atoms with E-state index < -0.39 is 12.0 Å². The van der Waals surface area contributed by atoms with Crippen LogP contribution in [0.25, 0.3) is 0 Å². The molecule has 2 unspecified atom stereocenters. The van der Waals surface area contributed by atoms with Crippen LogP contribution in [0.4, 0.5) is 0 Å². The first kappa shape index (κ1) is 14.4. The molecular formula is C12H16ClNO2S. The Hall–Kier alpha value is -0.710. The molecule has 1 aliphatic heterocycles. The van der Waals surface area contributed by atoms with Crippen LogP contribution in [0.1, 0.15) is 24.8 Å². The van der Waals surface area contributed by atoms with E-state index in [1.807, 2.05) is 44.2 Å². The van der Waals surface area contributed by atoms with Crippen LogP contribution < -0.4 is 5.32 Å². The molecule has 0 aliphatic carbocycles. The predicted molar refractivity (Wildman–Crippen MR) is 72.7 cm³/mol. The normalized spacial score (nSPS) is 26.2. The van der Waals surface area contributed by atoms with Gasteiger partial charge in [0.2, 0.25) is 0 Å². The number of thioether (sulfide) groups is 1. The topological polar surface area (TPSA) is 49.3 Å². The van der Waals surface area contributed by atoms with E-state index in [4.69, 9.17) is 5.11 Å². The summed E-state index contributed by atoms with van der Waals surface area (Å²) < 4.78 is -0.285. The lowest BCUT2D eigenvalue weighted by Crippen LogP contribution is -2.43. The highest BCUT2D eigenvalue weighted by atomic mass is 35.5. The number of hydrogen-bond acceptors (Lipinski definition) is 3. The van der Waals surface area contributed by atoms with Crippen LogP contribution in [-0.2, 0) is 4.79 Å². The van der Waals surface area contributed by atoms with Gasteiger partial charge in [-0.25, -0.2) is 0 Å². The lowest BCUT2D eigenvalue weighted by molar-refractivity contribution is -0.139. The summed E-state index contributed by atoms with van der Waals surface area (Å²) in [6, 6.07) is 9.44. The zero-order valence-electron chi connectivity index (χ0n) is 9.71. The Balaban J connectivity index is 0.00000144. The van der Waals surface area contributed by atoms with Crippen molar-refractivity contribution in [3.05, 3.63) is 35.9 Å². The second-order valence-corrected chi connectivity index (χ2v) is 6.21. The molecule has 0 aromatic heterocycles. The van der Waals surface area contributed by atoms with E-state index in [1.54, 1.807) is 11.8 Å². The van der Waals surface area contributed by atoms with Gasteiger partial charge in [0.15, 0.2) is 0 Å². The van der Waals surface area contributed by atoms with Gasteiger partial charge in [-0.15, -0.1) is 24.2 Å². The Bertz CT molecular complexity index is 397. The third-order valence-corrected chi connectivity index (χ3v) is 4.27. The highest BCUT2D eigenvalue weighted by Crippen LogP contribution is 2.45. The Kier molecular flexibility index (Phi) is 4.47. The number of nitrogens with one attached hydrogen (secondary N) is 1. The molecule has 1 fully saturated rings. The summed E-state index contributed by atoms with van der Waals surface area (Å²) in [6.07, 6.45) is 0. The van der Waals surface area contributed by atoms with Crippen molar-refractivity contribution in [3.63, 3.8) is 0 Å². The summed E-state index contributed by atoms with van der Waals surface area (Å²) in [4.78, 5) is 11.1. The van der Waals surface area contributed by atoms with Crippen molar-refractivity contribution < 1.29 is 9.90 Å². The average molecular weight is 274 g/mol. The molecule has 2 atom stereocenters. The first-order chi connectivity index (χ1) is 7.50. The molecule has 1 aromatic carbocycles. The maximum atomic E-state index is 11.1. The van der Waals surface area contributed by atoms with Crippen LogP contribution in [0.2, 0.25) is 0 Å². The van der Waals surface area contributed by atoms with Crippen molar-refractivity contribution in [1.29, 1.82) is 0 Å². The maximum absolute atomic E-state index is 11.1. The number of rotatable bonds is 2. The van der Waals surface area contributed by atoms with Gasteiger partial charge in [-0.3, -0.25) is 10.1 Å². The number of hydrogen-bond donors (Lipinski definition) is 2. The van der Waals surface area contributed by atoms with Crippen molar-refractivity contribution in [2.45, 2.75) is 30.0 Å². The molecule has 0 amide bonds. The van der Waals surface area contributed by atoms with Gasteiger partial charge >= 0.3 is 5.97 Å². The van der Waals surface area contributed by atoms with Crippen molar-refractivity contribution in [1.82, 2.24) is 5.32 Å². The number of benzene rings is 1. The van der Waals surface area contributed by atoms with Gasteiger partial charge in [0.1, 0.15) is 6.04 Å². The van der Waals surface area contributed by atoms with Crippen molar-refractivity contribution >= 4 is 30.1 Å². The zero-order valence-corrected chi connectivity index (χ0v) is 11.3. The van der Waals surface area contributed by atoms with E-state index in [0.717, 1.165) is 5.56 Å². The molecule has 5 heteroatoms. The van der Waals surface area contributed by atoms with Crippen LogP contribution in [0.5, 0.6) is 0 Å². The standard InChI is InChI=1S/C12H15NO2S.ClH/c1-12(2)9(11(14)15)13-10(16-12)8-6-4-3-5-7-8;/h3-7,9-10,13H,1-2H3,(H,14,15);1H. The molecule has 17 heavy (non-hydrogen) atoms. The zero-order chi connectivity index (χ0) is 11.8. The van der Waals surface area contributed by atoms with Crippen LogP contribution >= 0.6 is 24.2 Å². The molecule has 0 saturated carbocycles. The van der Waals surface area contributed by atoms with Crippen molar-refractivity contribution in [2.24, 2.45) is 0 Å². The lowest BCUT2D eigenvalue weighted by Gasteiger charge is -2.20. The third kappa shape index (κ3) is 2.94.